The molecule has 0 saturated carbocycles. The van der Waals surface area contributed by atoms with Crippen LogP contribution >= 0.6 is 34.5 Å². The van der Waals surface area contributed by atoms with Crippen molar-refractivity contribution < 1.29 is 19.1 Å². The van der Waals surface area contributed by atoms with E-state index in [-0.39, 0.29) is 18.6 Å². The lowest BCUT2D eigenvalue weighted by Gasteiger charge is -2.13. The first kappa shape index (κ1) is 20.4. The first-order valence-corrected chi connectivity index (χ1v) is 9.38. The van der Waals surface area contributed by atoms with Crippen LogP contribution in [0.25, 0.3) is 0 Å². The summed E-state index contributed by atoms with van der Waals surface area (Å²) in [7, 11) is 0. The lowest BCUT2D eigenvalue weighted by molar-refractivity contribution is -0.153. The van der Waals surface area contributed by atoms with Crippen molar-refractivity contribution in [1.29, 1.82) is 0 Å². The molecule has 1 aromatic carbocycles. The van der Waals surface area contributed by atoms with Crippen LogP contribution in [0.15, 0.2) is 30.3 Å². The quantitative estimate of drug-likeness (QED) is 0.517. The fourth-order valence-electron chi connectivity index (χ4n) is 2.10. The van der Waals surface area contributed by atoms with Crippen molar-refractivity contribution in [1.82, 2.24) is 0 Å². The summed E-state index contributed by atoms with van der Waals surface area (Å²) in [5, 5.41) is 3.32. The molecule has 8 heteroatoms. The number of thiophene rings is 1. The van der Waals surface area contributed by atoms with Gasteiger partial charge in [0.05, 0.1) is 11.3 Å². The van der Waals surface area contributed by atoms with Crippen LogP contribution in [-0.4, -0.2) is 23.8 Å². The monoisotopic (exact) mass is 413 g/mol. The number of ether oxygens (including phenoxy) is 1. The number of amides is 1. The number of esters is 1. The highest BCUT2D eigenvalue weighted by atomic mass is 35.5. The molecule has 1 aromatic heterocycles. The molecule has 1 heterocycles. The van der Waals surface area contributed by atoms with Crippen LogP contribution in [0.5, 0.6) is 0 Å². The second kappa shape index (κ2) is 9.16. The van der Waals surface area contributed by atoms with Gasteiger partial charge in [0, 0.05) is 27.0 Å². The Bertz CT molecular complexity index is 814. The molecular weight excluding hydrogens is 397 g/mol. The van der Waals surface area contributed by atoms with E-state index in [1.54, 1.807) is 6.07 Å². The van der Waals surface area contributed by atoms with E-state index in [1.165, 1.54) is 36.5 Å². The highest BCUT2D eigenvalue weighted by molar-refractivity contribution is 7.14. The van der Waals surface area contributed by atoms with Crippen molar-refractivity contribution in [3.8, 4) is 0 Å². The predicted octanol–water partition coefficient (Wildman–Crippen LogP) is 4.90. The van der Waals surface area contributed by atoms with Crippen molar-refractivity contribution in [3.05, 3.63) is 50.1 Å². The smallest absolute Gasteiger partial charge is 0.307 e. The van der Waals surface area contributed by atoms with Gasteiger partial charge in [-0.1, -0.05) is 23.2 Å². The van der Waals surface area contributed by atoms with E-state index in [0.717, 1.165) is 4.88 Å². The lowest BCUT2D eigenvalue weighted by Crippen LogP contribution is -2.30. The summed E-state index contributed by atoms with van der Waals surface area (Å²) in [5.41, 5.74) is 0.402. The van der Waals surface area contributed by atoms with Gasteiger partial charge in [-0.2, -0.15) is 0 Å². The molecule has 0 fully saturated rings. The van der Waals surface area contributed by atoms with Crippen LogP contribution in [0.2, 0.25) is 10.0 Å². The standard InChI is InChI=1S/C18H17Cl2NO4S/c1-10-3-5-16(26-10)15(22)4-6-17(23)25-11(2)18(24)21-14-8-12(19)7-13(20)9-14/h3,5,7-9,11H,4,6H2,1-2H3,(H,21,24)/t11-/m0/s1. The van der Waals surface area contributed by atoms with Gasteiger partial charge < -0.3 is 10.1 Å². The first-order valence-electron chi connectivity index (χ1n) is 7.80. The third-order valence-corrected chi connectivity index (χ3v) is 4.86. The van der Waals surface area contributed by atoms with Crippen LogP contribution in [0, 0.1) is 6.92 Å². The van der Waals surface area contributed by atoms with Crippen molar-refractivity contribution in [2.75, 3.05) is 5.32 Å². The van der Waals surface area contributed by atoms with Gasteiger partial charge in [-0.25, -0.2) is 0 Å². The molecule has 2 rings (SSSR count). The van der Waals surface area contributed by atoms with Gasteiger partial charge in [-0.3, -0.25) is 14.4 Å². The van der Waals surface area contributed by atoms with E-state index in [9.17, 15) is 14.4 Å². The molecule has 0 saturated heterocycles. The molecule has 5 nitrogen and oxygen atoms in total. The van der Waals surface area contributed by atoms with Crippen molar-refractivity contribution >= 4 is 57.9 Å². The topological polar surface area (TPSA) is 72.5 Å². The minimum Gasteiger partial charge on any atom is -0.453 e. The second-order valence-corrected chi connectivity index (χ2v) is 7.77. The van der Waals surface area contributed by atoms with Crippen LogP contribution in [-0.2, 0) is 14.3 Å². The van der Waals surface area contributed by atoms with Crippen LogP contribution in [0.4, 0.5) is 5.69 Å². The maximum absolute atomic E-state index is 12.1. The van der Waals surface area contributed by atoms with E-state index >= 15 is 0 Å². The average molecular weight is 414 g/mol. The Hall–Kier alpha value is -1.89. The average Bonchev–Trinajstić information content (AvgIpc) is 2.98. The molecule has 0 aliphatic heterocycles. The number of anilines is 1. The Morgan fingerprint density at radius 2 is 1.77 bits per heavy atom. The Morgan fingerprint density at radius 1 is 1.12 bits per heavy atom. The van der Waals surface area contributed by atoms with Crippen LogP contribution in [0.3, 0.4) is 0 Å². The van der Waals surface area contributed by atoms with E-state index < -0.39 is 18.0 Å². The summed E-state index contributed by atoms with van der Waals surface area (Å²) in [6.07, 6.45) is -1.06. The summed E-state index contributed by atoms with van der Waals surface area (Å²) >= 11 is 13.1. The maximum Gasteiger partial charge on any atom is 0.307 e. The zero-order valence-corrected chi connectivity index (χ0v) is 16.5. The number of halogens is 2. The van der Waals surface area contributed by atoms with Crippen LogP contribution < -0.4 is 5.32 Å². The van der Waals surface area contributed by atoms with Gasteiger partial charge in [0.15, 0.2) is 11.9 Å². The molecule has 26 heavy (non-hydrogen) atoms. The molecule has 0 bridgehead atoms. The SMILES string of the molecule is Cc1ccc(C(=O)CCC(=O)O[C@@H](C)C(=O)Nc2cc(Cl)cc(Cl)c2)s1. The maximum atomic E-state index is 12.1. The summed E-state index contributed by atoms with van der Waals surface area (Å²) in [4.78, 5) is 37.6. The Kier molecular flexibility index (Phi) is 7.20. The van der Waals surface area contributed by atoms with Crippen molar-refractivity contribution in [3.63, 3.8) is 0 Å². The van der Waals surface area contributed by atoms with E-state index in [0.29, 0.717) is 20.6 Å². The minimum absolute atomic E-state index is 0.0387. The molecule has 0 spiro atoms. The fraction of sp³-hybridized carbons (Fsp3) is 0.278. The fourth-order valence-corrected chi connectivity index (χ4v) is 3.46. The Morgan fingerprint density at radius 3 is 2.35 bits per heavy atom. The molecule has 1 atom stereocenters. The third kappa shape index (κ3) is 6.12. The number of rotatable bonds is 7. The Labute approximate surface area is 165 Å². The summed E-state index contributed by atoms with van der Waals surface area (Å²) < 4.78 is 5.07. The largest absolute Gasteiger partial charge is 0.453 e. The molecule has 2 aromatic rings. The number of hydrogen-bond donors (Lipinski definition) is 1. The zero-order valence-electron chi connectivity index (χ0n) is 14.2. The molecule has 1 N–H and O–H groups in total. The Balaban J connectivity index is 1.82. The molecule has 0 radical (unpaired) electrons. The van der Waals surface area contributed by atoms with Gasteiger partial charge >= 0.3 is 5.97 Å². The number of aryl methyl sites for hydroxylation is 1. The summed E-state index contributed by atoms with van der Waals surface area (Å²) in [5.74, 6) is -1.25. The molecular formula is C18H17Cl2NO4S. The number of carbonyl (C=O) groups excluding carboxylic acids is 3. The molecule has 0 unspecified atom stereocenters. The van der Waals surface area contributed by atoms with Gasteiger partial charge in [0.1, 0.15) is 0 Å². The minimum atomic E-state index is -1.01. The number of carbonyl (C=O) groups is 3. The third-order valence-electron chi connectivity index (χ3n) is 3.38. The summed E-state index contributed by atoms with van der Waals surface area (Å²) in [6, 6.07) is 8.18. The molecule has 1 amide bonds. The van der Waals surface area contributed by atoms with Crippen molar-refractivity contribution in [2.24, 2.45) is 0 Å². The number of hydrogen-bond acceptors (Lipinski definition) is 5. The van der Waals surface area contributed by atoms with Gasteiger partial charge in [0.25, 0.3) is 5.91 Å². The molecule has 138 valence electrons. The molecule has 0 aliphatic carbocycles. The second-order valence-electron chi connectivity index (χ2n) is 5.61. The highest BCUT2D eigenvalue weighted by Crippen LogP contribution is 2.22. The number of benzene rings is 1. The highest BCUT2D eigenvalue weighted by Gasteiger charge is 2.19. The number of Topliss-reactive ketones (excluding diaryl/α,β-unsaturated/α-hetero) is 1. The molecule has 0 aliphatic rings. The predicted molar refractivity (Wildman–Crippen MR) is 103 cm³/mol. The normalized spacial score (nSPS) is 11.7. The van der Waals surface area contributed by atoms with E-state index in [1.807, 2.05) is 13.0 Å². The van der Waals surface area contributed by atoms with Crippen molar-refractivity contribution in [2.45, 2.75) is 32.8 Å². The van der Waals surface area contributed by atoms with E-state index in [2.05, 4.69) is 5.32 Å². The number of ketones is 1. The van der Waals surface area contributed by atoms with Gasteiger partial charge in [0.2, 0.25) is 0 Å². The van der Waals surface area contributed by atoms with Gasteiger partial charge in [-0.05, 0) is 44.2 Å². The first-order chi connectivity index (χ1) is 12.2. The van der Waals surface area contributed by atoms with Crippen LogP contribution in [0.1, 0.15) is 34.3 Å². The van der Waals surface area contributed by atoms with E-state index in [4.69, 9.17) is 27.9 Å². The summed E-state index contributed by atoms with van der Waals surface area (Å²) in [6.45, 7) is 3.35. The lowest BCUT2D eigenvalue weighted by atomic mass is 10.2. The number of nitrogens with one attached hydrogen (secondary N) is 1. The zero-order chi connectivity index (χ0) is 19.3. The van der Waals surface area contributed by atoms with Gasteiger partial charge in [-0.15, -0.1) is 11.3 Å².